The monoisotopic (exact) mass is 1420 g/mol. The number of phosphoric ester groups is 2. The number of aliphatic hydroxyl groups excluding tert-OH is 1. The lowest BCUT2D eigenvalue weighted by molar-refractivity contribution is -0.161. The third kappa shape index (κ3) is 70.2. The highest BCUT2D eigenvalue weighted by Gasteiger charge is 2.30. The van der Waals surface area contributed by atoms with Crippen molar-refractivity contribution < 1.29 is 80.2 Å². The molecule has 0 radical (unpaired) electrons. The van der Waals surface area contributed by atoms with Crippen LogP contribution in [0.15, 0.2) is 109 Å². The van der Waals surface area contributed by atoms with Crippen molar-refractivity contribution in [3.05, 3.63) is 109 Å². The first kappa shape index (κ1) is 93.7. The summed E-state index contributed by atoms with van der Waals surface area (Å²) >= 11 is 0. The Morgan fingerprint density at radius 3 is 0.847 bits per heavy atom. The zero-order valence-corrected chi connectivity index (χ0v) is 63.2. The zero-order valence-electron chi connectivity index (χ0n) is 61.4. The molecule has 0 saturated heterocycles. The molecule has 0 aromatic rings. The van der Waals surface area contributed by atoms with Gasteiger partial charge in [0, 0.05) is 25.7 Å². The van der Waals surface area contributed by atoms with Crippen LogP contribution < -0.4 is 0 Å². The summed E-state index contributed by atoms with van der Waals surface area (Å²) in [4.78, 5) is 72.8. The number of phosphoric acid groups is 2. The van der Waals surface area contributed by atoms with Crippen molar-refractivity contribution in [2.24, 2.45) is 0 Å². The second-order valence-corrected chi connectivity index (χ2v) is 28.1. The minimum atomic E-state index is -4.98. The average molecular weight is 1420 g/mol. The van der Waals surface area contributed by atoms with Crippen LogP contribution in [0.1, 0.15) is 310 Å². The topological polar surface area (TPSA) is 237 Å². The molecular weight excluding hydrogens is 1280 g/mol. The van der Waals surface area contributed by atoms with E-state index in [1.807, 2.05) is 0 Å². The Kier molecular flexibility index (Phi) is 68.0. The van der Waals surface area contributed by atoms with Crippen molar-refractivity contribution in [3.63, 3.8) is 0 Å². The van der Waals surface area contributed by atoms with Gasteiger partial charge in [-0.3, -0.25) is 37.3 Å². The average Bonchev–Trinajstić information content (AvgIpc) is 1.04. The standard InChI is InChI=1S/C79H136O17P2/c1-5-9-13-17-21-25-29-33-36-40-43-47-51-55-59-63-76(81)89-69-74(95-78(83)65-61-57-53-49-45-39-32-28-24-20-16-12-8-4)71-93-97(85,86)91-67-73(80)68-92-98(87,88)94-72-75(96-79(84)66-62-58-54-50-46-42-38-35-31-27-23-19-15-11-7-3)70-90-77(82)64-60-56-52-48-44-41-37-34-30-26-22-18-14-10-6-2/h9-10,13-14,21-23,25-28,32-38,73-75,80H,5-8,11-12,15-20,24,29-31,39-72H2,1-4H3,(H,85,86)(H,87,88)/b13-9-,14-10-,25-21-,26-22-,27-23-,32-28-,36-33-,37-34-,38-35-. The summed E-state index contributed by atoms with van der Waals surface area (Å²) in [5.41, 5.74) is 0. The maximum absolute atomic E-state index is 13.1. The molecule has 17 nitrogen and oxygen atoms in total. The molecule has 0 amide bonds. The van der Waals surface area contributed by atoms with Crippen LogP contribution in [-0.2, 0) is 65.4 Å². The van der Waals surface area contributed by atoms with E-state index in [0.717, 1.165) is 186 Å². The largest absolute Gasteiger partial charge is 0.472 e. The molecular formula is C79H136O17P2. The van der Waals surface area contributed by atoms with Gasteiger partial charge < -0.3 is 33.8 Å². The molecule has 0 aliphatic carbocycles. The van der Waals surface area contributed by atoms with Crippen LogP contribution in [0.25, 0.3) is 0 Å². The van der Waals surface area contributed by atoms with E-state index in [2.05, 4.69) is 137 Å². The molecule has 0 heterocycles. The van der Waals surface area contributed by atoms with Crippen molar-refractivity contribution in [3.8, 4) is 0 Å². The minimum absolute atomic E-state index is 0.0737. The van der Waals surface area contributed by atoms with Crippen molar-refractivity contribution in [1.29, 1.82) is 0 Å². The van der Waals surface area contributed by atoms with Gasteiger partial charge in [-0.1, -0.05) is 246 Å². The van der Waals surface area contributed by atoms with Crippen LogP contribution in [-0.4, -0.2) is 96.7 Å². The summed E-state index contributed by atoms with van der Waals surface area (Å²) in [6.07, 6.45) is 75.0. The van der Waals surface area contributed by atoms with Gasteiger partial charge in [-0.2, -0.15) is 0 Å². The van der Waals surface area contributed by atoms with Crippen LogP contribution >= 0.6 is 15.6 Å². The quantitative estimate of drug-likeness (QED) is 0.0169. The van der Waals surface area contributed by atoms with Crippen LogP contribution in [0.2, 0.25) is 0 Å². The van der Waals surface area contributed by atoms with Crippen LogP contribution in [0.5, 0.6) is 0 Å². The van der Waals surface area contributed by atoms with E-state index in [9.17, 15) is 43.2 Å². The first-order valence-electron chi connectivity index (χ1n) is 38.1. The first-order valence-corrected chi connectivity index (χ1v) is 41.1. The summed E-state index contributed by atoms with van der Waals surface area (Å²) < 4.78 is 68.4. The van der Waals surface area contributed by atoms with E-state index in [1.54, 1.807) is 0 Å². The van der Waals surface area contributed by atoms with Gasteiger partial charge in [-0.05, 0) is 148 Å². The molecule has 564 valence electrons. The van der Waals surface area contributed by atoms with E-state index in [4.69, 9.17) is 37.0 Å². The Balaban J connectivity index is 5.38. The van der Waals surface area contributed by atoms with Gasteiger partial charge in [0.2, 0.25) is 0 Å². The molecule has 0 aromatic carbocycles. The summed E-state index contributed by atoms with van der Waals surface area (Å²) in [5, 5.41) is 10.6. The summed E-state index contributed by atoms with van der Waals surface area (Å²) in [5.74, 6) is -2.23. The normalized spacial score (nSPS) is 14.6. The molecule has 0 aliphatic heterocycles. The number of aliphatic hydroxyl groups is 1. The van der Waals surface area contributed by atoms with E-state index in [-0.39, 0.29) is 25.7 Å². The zero-order chi connectivity index (χ0) is 71.8. The van der Waals surface area contributed by atoms with Gasteiger partial charge in [0.1, 0.15) is 19.3 Å². The lowest BCUT2D eigenvalue weighted by Gasteiger charge is -2.21. The van der Waals surface area contributed by atoms with E-state index in [1.165, 1.54) is 44.9 Å². The lowest BCUT2D eigenvalue weighted by atomic mass is 10.1. The van der Waals surface area contributed by atoms with Crippen molar-refractivity contribution in [2.45, 2.75) is 329 Å². The van der Waals surface area contributed by atoms with E-state index < -0.39 is 97.5 Å². The lowest BCUT2D eigenvalue weighted by Crippen LogP contribution is -2.30. The Hall–Kier alpha value is -4.28. The minimum Gasteiger partial charge on any atom is -0.462 e. The molecule has 0 fully saturated rings. The van der Waals surface area contributed by atoms with Gasteiger partial charge >= 0.3 is 39.5 Å². The summed E-state index contributed by atoms with van der Waals surface area (Å²) in [7, 11) is -9.96. The number of hydrogen-bond acceptors (Lipinski definition) is 15. The Bertz CT molecular complexity index is 2290. The van der Waals surface area contributed by atoms with Gasteiger partial charge in [-0.15, -0.1) is 0 Å². The number of esters is 4. The predicted molar refractivity (Wildman–Crippen MR) is 399 cm³/mol. The molecule has 5 atom stereocenters. The number of carbonyl (C=O) groups excluding carboxylic acids is 4. The van der Waals surface area contributed by atoms with Crippen molar-refractivity contribution in [2.75, 3.05) is 39.6 Å². The fourth-order valence-electron chi connectivity index (χ4n) is 9.92. The van der Waals surface area contributed by atoms with Crippen LogP contribution in [0, 0.1) is 0 Å². The summed E-state index contributed by atoms with van der Waals surface area (Å²) in [6.45, 7) is 4.55. The van der Waals surface area contributed by atoms with E-state index >= 15 is 0 Å². The fraction of sp³-hybridized carbons (Fsp3) is 0.722. The molecule has 5 unspecified atom stereocenters. The third-order valence-corrected chi connectivity index (χ3v) is 17.6. The summed E-state index contributed by atoms with van der Waals surface area (Å²) in [6, 6.07) is 0. The van der Waals surface area contributed by atoms with Gasteiger partial charge in [0.05, 0.1) is 26.4 Å². The van der Waals surface area contributed by atoms with E-state index in [0.29, 0.717) is 25.7 Å². The molecule has 3 N–H and O–H groups in total. The molecule has 19 heteroatoms. The van der Waals surface area contributed by atoms with Gasteiger partial charge in [0.25, 0.3) is 0 Å². The maximum atomic E-state index is 13.1. The number of rotatable bonds is 71. The Labute approximate surface area is 594 Å². The van der Waals surface area contributed by atoms with Crippen LogP contribution in [0.4, 0.5) is 0 Å². The predicted octanol–water partition coefficient (Wildman–Crippen LogP) is 21.8. The highest BCUT2D eigenvalue weighted by atomic mass is 31.2. The van der Waals surface area contributed by atoms with Gasteiger partial charge in [0.15, 0.2) is 12.2 Å². The third-order valence-electron chi connectivity index (χ3n) is 15.7. The van der Waals surface area contributed by atoms with Gasteiger partial charge in [-0.25, -0.2) is 9.13 Å². The molecule has 0 bridgehead atoms. The number of hydrogen-bond donors (Lipinski definition) is 3. The number of ether oxygens (including phenoxy) is 4. The molecule has 0 saturated carbocycles. The van der Waals surface area contributed by atoms with Crippen LogP contribution in [0.3, 0.4) is 0 Å². The second-order valence-electron chi connectivity index (χ2n) is 25.2. The molecule has 0 spiro atoms. The van der Waals surface area contributed by atoms with Crippen molar-refractivity contribution >= 4 is 39.5 Å². The van der Waals surface area contributed by atoms with Crippen molar-refractivity contribution in [1.82, 2.24) is 0 Å². The Morgan fingerprint density at radius 2 is 0.531 bits per heavy atom. The second kappa shape index (κ2) is 71.1. The molecule has 0 aliphatic rings. The fourth-order valence-corrected chi connectivity index (χ4v) is 11.5. The highest BCUT2D eigenvalue weighted by molar-refractivity contribution is 7.47. The first-order chi connectivity index (χ1) is 47.7. The molecule has 0 rings (SSSR count). The smallest absolute Gasteiger partial charge is 0.462 e. The maximum Gasteiger partial charge on any atom is 0.472 e. The molecule has 0 aromatic heterocycles. The highest BCUT2D eigenvalue weighted by Crippen LogP contribution is 2.45. The SMILES string of the molecule is CC/C=C\C/C=C\C/C=C\CCCCCCCC(=O)OCC(COP(=O)(O)OCC(O)COP(=O)(O)OCC(COC(=O)CCCCCCC/C=C\C/C=C\C/C=C\CC)OC(=O)CCCCCCC/C=C\CCCCCC)OC(=O)CCCCCCC/C=C\C/C=C\CCCCC. The molecule has 98 heavy (non-hydrogen) atoms. The number of allylic oxidation sites excluding steroid dienone is 18. The Morgan fingerprint density at radius 1 is 0.296 bits per heavy atom. The number of carbonyl (C=O) groups is 4. The number of unbranched alkanes of at least 4 members (excludes halogenated alkanes) is 27.